The molecule has 0 radical (unpaired) electrons. The molecule has 0 aliphatic rings. The average molecular weight is 270 g/mol. The summed E-state index contributed by atoms with van der Waals surface area (Å²) in [5, 5.41) is 11.1. The average Bonchev–Trinajstić information content (AvgIpc) is 2.47. The van der Waals surface area contributed by atoms with Crippen LogP contribution >= 0.6 is 0 Å². The Morgan fingerprint density at radius 2 is 2.05 bits per heavy atom. The Kier molecular flexibility index (Phi) is 4.43. The molecular formula is C15H11FN2O2. The topological polar surface area (TPSA) is 62.2 Å². The van der Waals surface area contributed by atoms with Crippen LogP contribution in [0, 0.1) is 17.7 Å². The number of amides is 1. The van der Waals surface area contributed by atoms with E-state index in [4.69, 9.17) is 5.11 Å². The number of carbonyl (C=O) groups is 1. The highest BCUT2D eigenvalue weighted by atomic mass is 19.1. The number of nitrogens with one attached hydrogen (secondary N) is 1. The molecule has 0 saturated heterocycles. The molecule has 1 heterocycles. The minimum absolute atomic E-state index is 0.168. The Hall–Kier alpha value is -2.71. The number of aliphatic hydroxyl groups excluding tert-OH is 1. The third-order valence-electron chi connectivity index (χ3n) is 2.47. The molecule has 0 aliphatic carbocycles. The fourth-order valence-corrected chi connectivity index (χ4v) is 1.54. The van der Waals surface area contributed by atoms with Crippen LogP contribution in [0.25, 0.3) is 0 Å². The highest BCUT2D eigenvalue weighted by molar-refractivity contribution is 6.04. The lowest BCUT2D eigenvalue weighted by Crippen LogP contribution is -2.12. The van der Waals surface area contributed by atoms with E-state index in [9.17, 15) is 9.18 Å². The monoisotopic (exact) mass is 270 g/mol. The number of anilines is 1. The Bertz CT molecular complexity index is 675. The minimum Gasteiger partial charge on any atom is -0.384 e. The quantitative estimate of drug-likeness (QED) is 0.818. The molecule has 0 spiro atoms. The first-order chi connectivity index (χ1) is 9.70. The van der Waals surface area contributed by atoms with E-state index in [1.54, 1.807) is 18.2 Å². The van der Waals surface area contributed by atoms with E-state index in [0.717, 1.165) is 0 Å². The lowest BCUT2D eigenvalue weighted by atomic mass is 10.2. The van der Waals surface area contributed by atoms with Crippen molar-refractivity contribution in [2.24, 2.45) is 0 Å². The number of nitrogens with zero attached hydrogens (tertiary/aromatic N) is 1. The first kappa shape index (κ1) is 13.7. The van der Waals surface area contributed by atoms with Crippen molar-refractivity contribution >= 4 is 11.6 Å². The van der Waals surface area contributed by atoms with E-state index in [1.165, 1.54) is 24.5 Å². The largest absolute Gasteiger partial charge is 0.384 e. The minimum atomic E-state index is -0.557. The summed E-state index contributed by atoms with van der Waals surface area (Å²) >= 11 is 0. The smallest absolute Gasteiger partial charge is 0.255 e. The van der Waals surface area contributed by atoms with Crippen molar-refractivity contribution in [1.82, 2.24) is 4.98 Å². The van der Waals surface area contributed by atoms with Crippen LogP contribution in [0.2, 0.25) is 0 Å². The number of benzene rings is 1. The Labute approximate surface area is 115 Å². The van der Waals surface area contributed by atoms with Crippen LogP contribution in [0.3, 0.4) is 0 Å². The third kappa shape index (κ3) is 3.40. The summed E-state index contributed by atoms with van der Waals surface area (Å²) in [6, 6.07) is 7.30. The van der Waals surface area contributed by atoms with E-state index >= 15 is 0 Å². The predicted molar refractivity (Wildman–Crippen MR) is 72.6 cm³/mol. The second-order valence-electron chi connectivity index (χ2n) is 3.84. The Morgan fingerprint density at radius 1 is 1.30 bits per heavy atom. The van der Waals surface area contributed by atoms with Crippen molar-refractivity contribution in [2.75, 3.05) is 11.9 Å². The van der Waals surface area contributed by atoms with E-state index < -0.39 is 5.82 Å². The lowest BCUT2D eigenvalue weighted by molar-refractivity contribution is 0.102. The molecule has 100 valence electrons. The van der Waals surface area contributed by atoms with Gasteiger partial charge < -0.3 is 10.4 Å². The maximum atomic E-state index is 13.7. The molecule has 20 heavy (non-hydrogen) atoms. The molecule has 5 heteroatoms. The molecular weight excluding hydrogens is 259 g/mol. The number of rotatable bonds is 2. The van der Waals surface area contributed by atoms with E-state index in [-0.39, 0.29) is 18.1 Å². The van der Waals surface area contributed by atoms with Gasteiger partial charge in [0.1, 0.15) is 12.4 Å². The Balaban J connectivity index is 2.15. The number of pyridine rings is 1. The van der Waals surface area contributed by atoms with Crippen LogP contribution in [0.5, 0.6) is 0 Å². The summed E-state index contributed by atoms with van der Waals surface area (Å²) in [6.45, 7) is -0.333. The summed E-state index contributed by atoms with van der Waals surface area (Å²) < 4.78 is 13.7. The summed E-state index contributed by atoms with van der Waals surface area (Å²) in [5.41, 5.74) is 0.935. The van der Waals surface area contributed by atoms with Gasteiger partial charge in [-0.05, 0) is 30.3 Å². The maximum Gasteiger partial charge on any atom is 0.255 e. The standard InChI is InChI=1S/C15H11FN2O2/c16-14-10-13(4-3-11(14)2-1-9-19)18-15(20)12-5-7-17-8-6-12/h3-8,10,19H,9H2,(H,18,20). The zero-order chi connectivity index (χ0) is 14.4. The predicted octanol–water partition coefficient (Wildman–Crippen LogP) is 1.82. The van der Waals surface area contributed by atoms with Crippen molar-refractivity contribution in [3.05, 3.63) is 59.7 Å². The van der Waals surface area contributed by atoms with Gasteiger partial charge in [0, 0.05) is 23.6 Å². The molecule has 0 saturated carbocycles. The van der Waals surface area contributed by atoms with Gasteiger partial charge in [-0.3, -0.25) is 9.78 Å². The van der Waals surface area contributed by atoms with Crippen LogP contribution in [-0.2, 0) is 0 Å². The van der Waals surface area contributed by atoms with Gasteiger partial charge in [0.15, 0.2) is 0 Å². The molecule has 4 nitrogen and oxygen atoms in total. The van der Waals surface area contributed by atoms with Gasteiger partial charge in [0.2, 0.25) is 0 Å². The summed E-state index contributed by atoms with van der Waals surface area (Å²) in [6.07, 6.45) is 3.01. The molecule has 2 N–H and O–H groups in total. The van der Waals surface area contributed by atoms with Gasteiger partial charge >= 0.3 is 0 Å². The summed E-state index contributed by atoms with van der Waals surface area (Å²) in [4.78, 5) is 15.7. The first-order valence-electron chi connectivity index (χ1n) is 5.81. The fraction of sp³-hybridized carbons (Fsp3) is 0.0667. The SMILES string of the molecule is O=C(Nc1ccc(C#CCO)c(F)c1)c1ccncc1. The van der Waals surface area contributed by atoms with E-state index in [2.05, 4.69) is 22.1 Å². The van der Waals surface area contributed by atoms with Crippen LogP contribution in [0.4, 0.5) is 10.1 Å². The fourth-order valence-electron chi connectivity index (χ4n) is 1.54. The highest BCUT2D eigenvalue weighted by Gasteiger charge is 2.07. The molecule has 0 aliphatic heterocycles. The van der Waals surface area contributed by atoms with Crippen molar-refractivity contribution in [3.63, 3.8) is 0 Å². The molecule has 2 rings (SSSR count). The Morgan fingerprint density at radius 3 is 2.70 bits per heavy atom. The van der Waals surface area contributed by atoms with Crippen LogP contribution < -0.4 is 5.32 Å². The highest BCUT2D eigenvalue weighted by Crippen LogP contribution is 2.14. The molecule has 0 unspecified atom stereocenters. The van der Waals surface area contributed by atoms with Crippen LogP contribution in [0.15, 0.2) is 42.7 Å². The van der Waals surface area contributed by atoms with Crippen molar-refractivity contribution in [2.45, 2.75) is 0 Å². The molecule has 0 fully saturated rings. The number of aromatic nitrogens is 1. The second kappa shape index (κ2) is 6.45. The van der Waals surface area contributed by atoms with Gasteiger partial charge in [-0.25, -0.2) is 4.39 Å². The van der Waals surface area contributed by atoms with Gasteiger partial charge in [0.25, 0.3) is 5.91 Å². The van der Waals surface area contributed by atoms with Crippen molar-refractivity contribution in [1.29, 1.82) is 0 Å². The van der Waals surface area contributed by atoms with Crippen molar-refractivity contribution < 1.29 is 14.3 Å². The van der Waals surface area contributed by atoms with Crippen LogP contribution in [0.1, 0.15) is 15.9 Å². The van der Waals surface area contributed by atoms with Gasteiger partial charge in [-0.2, -0.15) is 0 Å². The van der Waals surface area contributed by atoms with Crippen molar-refractivity contribution in [3.8, 4) is 11.8 Å². The molecule has 2 aromatic rings. The molecule has 0 bridgehead atoms. The number of halogens is 1. The number of hydrogen-bond donors (Lipinski definition) is 2. The summed E-state index contributed by atoms with van der Waals surface area (Å²) in [5.74, 6) is 3.94. The van der Waals surface area contributed by atoms with Crippen LogP contribution in [-0.4, -0.2) is 22.6 Å². The molecule has 1 aromatic carbocycles. The number of carbonyl (C=O) groups excluding carboxylic acids is 1. The zero-order valence-corrected chi connectivity index (χ0v) is 10.4. The maximum absolute atomic E-state index is 13.7. The summed E-state index contributed by atoms with van der Waals surface area (Å²) in [7, 11) is 0. The lowest BCUT2D eigenvalue weighted by Gasteiger charge is -2.05. The zero-order valence-electron chi connectivity index (χ0n) is 10.4. The third-order valence-corrected chi connectivity index (χ3v) is 2.47. The van der Waals surface area contributed by atoms with Gasteiger partial charge in [0.05, 0.1) is 5.56 Å². The molecule has 1 amide bonds. The van der Waals surface area contributed by atoms with Gasteiger partial charge in [-0.1, -0.05) is 11.8 Å². The van der Waals surface area contributed by atoms with Gasteiger partial charge in [-0.15, -0.1) is 0 Å². The molecule has 1 aromatic heterocycles. The van der Waals surface area contributed by atoms with E-state index in [1.807, 2.05) is 0 Å². The normalized spacial score (nSPS) is 9.50. The first-order valence-corrected chi connectivity index (χ1v) is 5.81. The molecule has 0 atom stereocenters. The van der Waals surface area contributed by atoms with E-state index in [0.29, 0.717) is 11.3 Å². The second-order valence-corrected chi connectivity index (χ2v) is 3.84. The number of hydrogen-bond acceptors (Lipinski definition) is 3. The number of aliphatic hydroxyl groups is 1.